The first kappa shape index (κ1) is 18.6. The number of hydrogen-bond acceptors (Lipinski definition) is 9. The fourth-order valence-corrected chi connectivity index (χ4v) is 5.33. The summed E-state index contributed by atoms with van der Waals surface area (Å²) in [6.07, 6.45) is 0. The Bertz CT molecular complexity index is 1080. The summed E-state index contributed by atoms with van der Waals surface area (Å²) in [5.74, 6) is 1.24. The maximum absolute atomic E-state index is 12.8. The van der Waals surface area contributed by atoms with Gasteiger partial charge in [-0.2, -0.15) is 16.3 Å². The zero-order valence-corrected chi connectivity index (χ0v) is 17.8. The van der Waals surface area contributed by atoms with Gasteiger partial charge in [-0.25, -0.2) is 4.98 Å². The van der Waals surface area contributed by atoms with E-state index in [1.165, 1.54) is 11.3 Å². The summed E-state index contributed by atoms with van der Waals surface area (Å²) >= 11 is 4.72. The largest absolute Gasteiger partial charge is 0.335 e. The number of carbonyl (C=O) groups is 1. The molecular formula is C19H17N5O2S3. The molecule has 0 spiro atoms. The Hall–Kier alpha value is -2.40. The highest BCUT2D eigenvalue weighted by molar-refractivity contribution is 7.14. The zero-order valence-electron chi connectivity index (χ0n) is 15.4. The molecule has 29 heavy (non-hydrogen) atoms. The molecule has 0 aliphatic carbocycles. The molecule has 1 fully saturated rings. The van der Waals surface area contributed by atoms with Crippen molar-refractivity contribution in [1.82, 2.24) is 24.9 Å². The summed E-state index contributed by atoms with van der Waals surface area (Å²) < 4.78 is 5.35. The van der Waals surface area contributed by atoms with Crippen molar-refractivity contribution in [2.24, 2.45) is 0 Å². The second-order valence-electron chi connectivity index (χ2n) is 6.61. The van der Waals surface area contributed by atoms with Crippen LogP contribution in [-0.2, 0) is 6.54 Å². The number of thiazole rings is 1. The average molecular weight is 444 g/mol. The molecule has 148 valence electrons. The quantitative estimate of drug-likeness (QED) is 0.465. The lowest BCUT2D eigenvalue weighted by Crippen LogP contribution is -2.48. The van der Waals surface area contributed by atoms with Crippen molar-refractivity contribution in [3.63, 3.8) is 0 Å². The van der Waals surface area contributed by atoms with Gasteiger partial charge in [-0.3, -0.25) is 9.69 Å². The Kier molecular flexibility index (Phi) is 5.23. The number of hydrogen-bond donors (Lipinski definition) is 0. The second kappa shape index (κ2) is 8.15. The molecule has 4 aromatic rings. The van der Waals surface area contributed by atoms with Crippen LogP contribution in [0.25, 0.3) is 21.3 Å². The third-order valence-corrected chi connectivity index (χ3v) is 7.15. The van der Waals surface area contributed by atoms with Gasteiger partial charge in [0, 0.05) is 42.5 Å². The lowest BCUT2D eigenvalue weighted by molar-refractivity contribution is 0.0619. The van der Waals surface area contributed by atoms with Gasteiger partial charge in [0.2, 0.25) is 0 Å². The number of aromatic nitrogens is 3. The summed E-state index contributed by atoms with van der Waals surface area (Å²) in [5, 5.41) is 12.9. The minimum atomic E-state index is 0.00178. The first-order valence-corrected chi connectivity index (χ1v) is 11.8. The average Bonchev–Trinajstić information content (AvgIpc) is 3.55. The SMILES string of the molecule is O=C(c1csc(-c2ccsc2)n1)N1CCN(Cc2noc(-c3cccs3)n2)CC1. The van der Waals surface area contributed by atoms with E-state index in [1.807, 2.05) is 44.6 Å². The van der Waals surface area contributed by atoms with Crippen LogP contribution >= 0.6 is 34.0 Å². The molecule has 7 nitrogen and oxygen atoms in total. The van der Waals surface area contributed by atoms with Gasteiger partial charge in [0.1, 0.15) is 10.7 Å². The van der Waals surface area contributed by atoms with Crippen molar-refractivity contribution >= 4 is 39.9 Å². The van der Waals surface area contributed by atoms with Crippen LogP contribution in [0.4, 0.5) is 0 Å². The normalized spacial score (nSPS) is 15.1. The fourth-order valence-electron chi connectivity index (χ4n) is 3.18. The van der Waals surface area contributed by atoms with Crippen LogP contribution in [-0.4, -0.2) is 57.0 Å². The highest BCUT2D eigenvalue weighted by Gasteiger charge is 2.25. The van der Waals surface area contributed by atoms with Crippen molar-refractivity contribution in [2.75, 3.05) is 26.2 Å². The minimum absolute atomic E-state index is 0.00178. The van der Waals surface area contributed by atoms with E-state index in [9.17, 15) is 4.79 Å². The molecule has 0 saturated carbocycles. The van der Waals surface area contributed by atoms with E-state index < -0.39 is 0 Å². The van der Waals surface area contributed by atoms with Crippen LogP contribution in [0.1, 0.15) is 16.3 Å². The highest BCUT2D eigenvalue weighted by atomic mass is 32.1. The van der Waals surface area contributed by atoms with Crippen molar-refractivity contribution in [3.8, 4) is 21.3 Å². The number of thiophene rings is 2. The molecule has 1 saturated heterocycles. The number of amides is 1. The molecule has 5 rings (SSSR count). The van der Waals surface area contributed by atoms with Gasteiger partial charge in [0.25, 0.3) is 11.8 Å². The number of piperazine rings is 1. The van der Waals surface area contributed by atoms with Crippen molar-refractivity contribution in [1.29, 1.82) is 0 Å². The molecule has 0 bridgehead atoms. The monoisotopic (exact) mass is 443 g/mol. The smallest absolute Gasteiger partial charge is 0.273 e. The molecule has 4 aromatic heterocycles. The third-order valence-electron chi connectivity index (χ3n) is 4.72. The predicted molar refractivity (Wildman–Crippen MR) is 114 cm³/mol. The van der Waals surface area contributed by atoms with E-state index in [0.29, 0.717) is 37.0 Å². The van der Waals surface area contributed by atoms with Crippen LogP contribution in [0.3, 0.4) is 0 Å². The third kappa shape index (κ3) is 4.01. The van der Waals surface area contributed by atoms with E-state index in [1.54, 1.807) is 22.7 Å². The first-order chi connectivity index (χ1) is 14.3. The Morgan fingerprint density at radius 3 is 2.72 bits per heavy atom. The lowest BCUT2D eigenvalue weighted by atomic mass is 10.3. The molecule has 5 heterocycles. The lowest BCUT2D eigenvalue weighted by Gasteiger charge is -2.33. The van der Waals surface area contributed by atoms with Crippen molar-refractivity contribution in [3.05, 3.63) is 51.2 Å². The molecule has 10 heteroatoms. The maximum atomic E-state index is 12.8. The summed E-state index contributed by atoms with van der Waals surface area (Å²) in [4.78, 5) is 26.9. The second-order valence-corrected chi connectivity index (χ2v) is 9.20. The molecular weight excluding hydrogens is 426 g/mol. The van der Waals surface area contributed by atoms with Crippen LogP contribution in [0.5, 0.6) is 0 Å². The Balaban J connectivity index is 1.17. The summed E-state index contributed by atoms with van der Waals surface area (Å²) in [7, 11) is 0. The van der Waals surface area contributed by atoms with Gasteiger partial charge in [0.05, 0.1) is 11.4 Å². The molecule has 1 amide bonds. The zero-order chi connectivity index (χ0) is 19.6. The van der Waals surface area contributed by atoms with Gasteiger partial charge in [-0.1, -0.05) is 11.2 Å². The van der Waals surface area contributed by atoms with Crippen LogP contribution < -0.4 is 0 Å². The molecule has 0 atom stereocenters. The van der Waals surface area contributed by atoms with E-state index >= 15 is 0 Å². The number of nitrogens with zero attached hydrogens (tertiary/aromatic N) is 5. The van der Waals surface area contributed by atoms with Crippen molar-refractivity contribution < 1.29 is 9.32 Å². The summed E-state index contributed by atoms with van der Waals surface area (Å²) in [6.45, 7) is 3.50. The standard InChI is InChI=1S/C19H17N5O2S3/c25-19(14-12-29-18(20-14)13-3-9-27-11-13)24-6-4-23(5-7-24)10-16-21-17(26-22-16)15-2-1-8-28-15/h1-3,8-9,11-12H,4-7,10H2. The predicted octanol–water partition coefficient (Wildman–Crippen LogP) is 3.94. The van der Waals surface area contributed by atoms with Gasteiger partial charge >= 0.3 is 0 Å². The first-order valence-electron chi connectivity index (χ1n) is 9.12. The van der Waals surface area contributed by atoms with E-state index in [0.717, 1.165) is 28.5 Å². The number of rotatable bonds is 5. The summed E-state index contributed by atoms with van der Waals surface area (Å²) in [5.41, 5.74) is 1.61. The molecule has 1 aliphatic rings. The van der Waals surface area contributed by atoms with Crippen molar-refractivity contribution in [2.45, 2.75) is 6.54 Å². The summed E-state index contributed by atoms with van der Waals surface area (Å²) in [6, 6.07) is 5.96. The Morgan fingerprint density at radius 1 is 1.07 bits per heavy atom. The maximum Gasteiger partial charge on any atom is 0.273 e. The van der Waals surface area contributed by atoms with Gasteiger partial charge in [-0.05, 0) is 22.9 Å². The highest BCUT2D eigenvalue weighted by Crippen LogP contribution is 2.26. The van der Waals surface area contributed by atoms with E-state index in [4.69, 9.17) is 4.52 Å². The molecule has 0 N–H and O–H groups in total. The molecule has 0 unspecified atom stereocenters. The van der Waals surface area contributed by atoms with Gasteiger partial charge in [0.15, 0.2) is 5.82 Å². The van der Waals surface area contributed by atoms with Crippen LogP contribution in [0.15, 0.2) is 44.2 Å². The van der Waals surface area contributed by atoms with Gasteiger partial charge in [-0.15, -0.1) is 22.7 Å². The minimum Gasteiger partial charge on any atom is -0.335 e. The van der Waals surface area contributed by atoms with E-state index in [-0.39, 0.29) is 5.91 Å². The topological polar surface area (TPSA) is 75.4 Å². The van der Waals surface area contributed by atoms with Crippen LogP contribution in [0.2, 0.25) is 0 Å². The molecule has 1 aliphatic heterocycles. The van der Waals surface area contributed by atoms with Crippen LogP contribution in [0, 0.1) is 0 Å². The number of carbonyl (C=O) groups excluding carboxylic acids is 1. The van der Waals surface area contributed by atoms with Gasteiger partial charge < -0.3 is 9.42 Å². The molecule has 0 aromatic carbocycles. The fraction of sp³-hybridized carbons (Fsp3) is 0.263. The Morgan fingerprint density at radius 2 is 1.97 bits per heavy atom. The van der Waals surface area contributed by atoms with E-state index in [2.05, 4.69) is 20.0 Å². The molecule has 0 radical (unpaired) electrons. The Labute approximate surface area is 179 Å².